The van der Waals surface area contributed by atoms with E-state index in [9.17, 15) is 4.79 Å². The highest BCUT2D eigenvalue weighted by Crippen LogP contribution is 2.38. The highest BCUT2D eigenvalue weighted by Gasteiger charge is 2.18. The van der Waals surface area contributed by atoms with Gasteiger partial charge in [0, 0.05) is 5.56 Å². The summed E-state index contributed by atoms with van der Waals surface area (Å²) >= 11 is 11.7. The molecule has 1 heterocycles. The zero-order valence-electron chi connectivity index (χ0n) is 18.5. The molecule has 3 aromatic carbocycles. The predicted molar refractivity (Wildman–Crippen MR) is 134 cm³/mol. The first kappa shape index (κ1) is 23.3. The van der Waals surface area contributed by atoms with Crippen molar-refractivity contribution in [3.8, 4) is 22.9 Å². The van der Waals surface area contributed by atoms with E-state index in [4.69, 9.17) is 38.0 Å². The number of methoxy groups -OCH3 is 3. The van der Waals surface area contributed by atoms with Gasteiger partial charge in [-0.15, -0.1) is 10.2 Å². The lowest BCUT2D eigenvalue weighted by Gasteiger charge is -2.15. The number of thiocarbonyl (C=S) groups is 1. The molecule has 0 aliphatic heterocycles. The van der Waals surface area contributed by atoms with Gasteiger partial charge in [0.2, 0.25) is 5.75 Å². The molecule has 0 aliphatic rings. The summed E-state index contributed by atoms with van der Waals surface area (Å²) in [5.41, 5.74) is 2.79. The smallest absolute Gasteiger partial charge is 0.257 e. The van der Waals surface area contributed by atoms with Crippen molar-refractivity contribution in [3.05, 3.63) is 65.2 Å². The highest BCUT2D eigenvalue weighted by molar-refractivity contribution is 7.80. The first-order valence-corrected chi connectivity index (χ1v) is 10.8. The molecule has 1 amide bonds. The number of anilines is 1. The second kappa shape index (κ2) is 9.94. The number of amides is 1. The molecule has 4 rings (SSSR count). The molecule has 0 saturated heterocycles. The Labute approximate surface area is 205 Å². The van der Waals surface area contributed by atoms with E-state index in [2.05, 4.69) is 20.8 Å². The van der Waals surface area contributed by atoms with Gasteiger partial charge < -0.3 is 19.5 Å². The first-order chi connectivity index (χ1) is 16.4. The Morgan fingerprint density at radius 3 is 2.15 bits per heavy atom. The highest BCUT2D eigenvalue weighted by atomic mass is 35.5. The van der Waals surface area contributed by atoms with Crippen LogP contribution in [0.15, 0.2) is 54.6 Å². The lowest BCUT2D eigenvalue weighted by molar-refractivity contribution is 0.0977. The molecule has 0 atom stereocenters. The number of halogens is 1. The third-order valence-corrected chi connectivity index (χ3v) is 5.38. The van der Waals surface area contributed by atoms with Gasteiger partial charge in [-0.3, -0.25) is 10.1 Å². The maximum absolute atomic E-state index is 12.8. The number of hydrogen-bond acceptors (Lipinski definition) is 7. The van der Waals surface area contributed by atoms with E-state index in [1.165, 1.54) is 38.3 Å². The summed E-state index contributed by atoms with van der Waals surface area (Å²) in [7, 11) is 4.42. The fourth-order valence-corrected chi connectivity index (χ4v) is 3.66. The lowest BCUT2D eigenvalue weighted by Crippen LogP contribution is -2.34. The third kappa shape index (κ3) is 4.73. The molecule has 0 fully saturated rings. The number of nitrogens with one attached hydrogen (secondary N) is 2. The number of fused-ring (bicyclic) bond motifs is 1. The van der Waals surface area contributed by atoms with Gasteiger partial charge >= 0.3 is 0 Å². The van der Waals surface area contributed by atoms with Gasteiger partial charge in [-0.05, 0) is 48.6 Å². The number of aromatic nitrogens is 3. The van der Waals surface area contributed by atoms with Gasteiger partial charge in [-0.25, -0.2) is 0 Å². The normalized spacial score (nSPS) is 10.6. The number of para-hydroxylation sites is 1. The molecule has 34 heavy (non-hydrogen) atoms. The van der Waals surface area contributed by atoms with Crippen molar-refractivity contribution in [3.63, 3.8) is 0 Å². The van der Waals surface area contributed by atoms with E-state index in [0.717, 1.165) is 5.69 Å². The minimum absolute atomic E-state index is 0.0513. The summed E-state index contributed by atoms with van der Waals surface area (Å²) in [5.74, 6) is 0.608. The lowest BCUT2D eigenvalue weighted by atomic mass is 10.1. The second-order valence-corrected chi connectivity index (χ2v) is 7.78. The van der Waals surface area contributed by atoms with Crippen molar-refractivity contribution in [2.75, 3.05) is 26.6 Å². The van der Waals surface area contributed by atoms with E-state index in [1.807, 2.05) is 30.3 Å². The zero-order valence-corrected chi connectivity index (χ0v) is 20.0. The number of hydrogen-bond donors (Lipinski definition) is 2. The summed E-state index contributed by atoms with van der Waals surface area (Å²) in [6.07, 6.45) is 0. The molecule has 0 unspecified atom stereocenters. The molecule has 0 radical (unpaired) electrons. The van der Waals surface area contributed by atoms with Gasteiger partial charge in [0.05, 0.1) is 37.7 Å². The molecule has 4 aromatic rings. The summed E-state index contributed by atoms with van der Waals surface area (Å²) in [6, 6.07) is 16.0. The number of carbonyl (C=O) groups excluding carboxylic acids is 1. The van der Waals surface area contributed by atoms with Crippen LogP contribution in [-0.4, -0.2) is 47.3 Å². The van der Waals surface area contributed by atoms with Crippen molar-refractivity contribution >= 4 is 51.6 Å². The van der Waals surface area contributed by atoms with Crippen LogP contribution in [0.1, 0.15) is 10.4 Å². The van der Waals surface area contributed by atoms with Crippen LogP contribution >= 0.6 is 23.8 Å². The van der Waals surface area contributed by atoms with Crippen LogP contribution in [0.5, 0.6) is 17.2 Å². The Kier molecular flexibility index (Phi) is 6.80. The molecule has 1 aromatic heterocycles. The van der Waals surface area contributed by atoms with Gasteiger partial charge in [0.1, 0.15) is 11.0 Å². The molecule has 9 nitrogen and oxygen atoms in total. The topological polar surface area (TPSA) is 99.5 Å². The van der Waals surface area contributed by atoms with Crippen LogP contribution in [0.2, 0.25) is 5.02 Å². The van der Waals surface area contributed by atoms with Crippen molar-refractivity contribution < 1.29 is 19.0 Å². The maximum Gasteiger partial charge on any atom is 0.257 e. The number of benzene rings is 3. The second-order valence-electron chi connectivity index (χ2n) is 6.97. The fraction of sp³-hybridized carbons (Fsp3) is 0.130. The van der Waals surface area contributed by atoms with Crippen molar-refractivity contribution in [2.24, 2.45) is 0 Å². The number of nitrogens with zero attached hydrogens (tertiary/aromatic N) is 3. The molecule has 2 N–H and O–H groups in total. The van der Waals surface area contributed by atoms with Crippen LogP contribution in [0, 0.1) is 0 Å². The fourth-order valence-electron chi connectivity index (χ4n) is 3.25. The van der Waals surface area contributed by atoms with E-state index < -0.39 is 5.91 Å². The molecule has 11 heteroatoms. The minimum Gasteiger partial charge on any atom is -0.493 e. The summed E-state index contributed by atoms with van der Waals surface area (Å²) in [4.78, 5) is 14.3. The minimum atomic E-state index is -0.469. The SMILES string of the molecule is COc1cc(C(=O)NC(=S)Nc2cc3nn(-c4ccccc4)nc3cc2Cl)cc(OC)c1OC. The standard InChI is InChI=1S/C23H20ClN5O4S/c1-31-19-9-13(10-20(32-2)21(19)33-3)22(30)26-23(34)25-16-12-18-17(11-15(16)24)27-29(28-18)14-7-5-4-6-8-14/h4-12H,1-3H3,(H2,25,26,30,34). The largest absolute Gasteiger partial charge is 0.493 e. The van der Waals surface area contributed by atoms with Crippen molar-refractivity contribution in [1.82, 2.24) is 20.3 Å². The Hall–Kier alpha value is -3.89. The maximum atomic E-state index is 12.8. The summed E-state index contributed by atoms with van der Waals surface area (Å²) < 4.78 is 15.9. The van der Waals surface area contributed by atoms with Crippen molar-refractivity contribution in [1.29, 1.82) is 0 Å². The van der Waals surface area contributed by atoms with Crippen LogP contribution in [-0.2, 0) is 0 Å². The molecular formula is C23H20ClN5O4S. The van der Waals surface area contributed by atoms with Crippen molar-refractivity contribution in [2.45, 2.75) is 0 Å². The summed E-state index contributed by atoms with van der Waals surface area (Å²) in [5, 5.41) is 14.9. The van der Waals surface area contributed by atoms with Crippen LogP contribution in [0.25, 0.3) is 16.7 Å². The van der Waals surface area contributed by atoms with Gasteiger partial charge in [0.15, 0.2) is 16.6 Å². The zero-order chi connectivity index (χ0) is 24.2. The quantitative estimate of drug-likeness (QED) is 0.382. The predicted octanol–water partition coefficient (Wildman–Crippen LogP) is 4.23. The van der Waals surface area contributed by atoms with Crippen LogP contribution in [0.3, 0.4) is 0 Å². The Bertz CT molecular complexity index is 1350. The van der Waals surface area contributed by atoms with E-state index in [-0.39, 0.29) is 10.7 Å². The van der Waals surface area contributed by atoms with E-state index >= 15 is 0 Å². The molecule has 0 spiro atoms. The monoisotopic (exact) mass is 497 g/mol. The number of ether oxygens (including phenoxy) is 3. The third-order valence-electron chi connectivity index (χ3n) is 4.86. The molecule has 0 bridgehead atoms. The Morgan fingerprint density at radius 2 is 1.56 bits per heavy atom. The molecule has 0 aliphatic carbocycles. The summed E-state index contributed by atoms with van der Waals surface area (Å²) in [6.45, 7) is 0. The van der Waals surface area contributed by atoms with Gasteiger partial charge in [-0.1, -0.05) is 29.8 Å². The number of rotatable bonds is 6. The Balaban J connectivity index is 1.53. The van der Waals surface area contributed by atoms with E-state index in [1.54, 1.807) is 12.1 Å². The Morgan fingerprint density at radius 1 is 0.941 bits per heavy atom. The average molecular weight is 498 g/mol. The molecule has 0 saturated carbocycles. The van der Waals surface area contributed by atoms with Crippen LogP contribution < -0.4 is 24.8 Å². The first-order valence-electron chi connectivity index (χ1n) is 9.98. The molecule has 174 valence electrons. The average Bonchev–Trinajstić information content (AvgIpc) is 3.26. The number of carbonyl (C=O) groups is 1. The van der Waals surface area contributed by atoms with Gasteiger partial charge in [-0.2, -0.15) is 4.80 Å². The van der Waals surface area contributed by atoms with E-state index in [0.29, 0.717) is 39.0 Å². The molecular weight excluding hydrogens is 478 g/mol. The van der Waals surface area contributed by atoms with Gasteiger partial charge in [0.25, 0.3) is 5.91 Å². The van der Waals surface area contributed by atoms with Crippen LogP contribution in [0.4, 0.5) is 5.69 Å².